The van der Waals surface area contributed by atoms with E-state index >= 15 is 0 Å². The summed E-state index contributed by atoms with van der Waals surface area (Å²) in [5.41, 5.74) is 6.25. The lowest BCUT2D eigenvalue weighted by Crippen LogP contribution is -2.38. The van der Waals surface area contributed by atoms with Gasteiger partial charge in [0.25, 0.3) is 0 Å². The van der Waals surface area contributed by atoms with Crippen molar-refractivity contribution in [3.05, 3.63) is 41.3 Å². The quantitative estimate of drug-likeness (QED) is 0.867. The molecule has 1 aromatic rings. The van der Waals surface area contributed by atoms with Crippen molar-refractivity contribution in [2.75, 3.05) is 20.1 Å². The summed E-state index contributed by atoms with van der Waals surface area (Å²) >= 11 is 0. The number of sulfonamides is 1. The molecule has 0 heterocycles. The van der Waals surface area contributed by atoms with E-state index in [1.807, 2.05) is 44.2 Å². The molecule has 0 bridgehead atoms. The Morgan fingerprint density at radius 2 is 1.84 bits per heavy atom. The highest BCUT2D eigenvalue weighted by atomic mass is 32.2. The number of benzene rings is 1. The van der Waals surface area contributed by atoms with Crippen LogP contribution in [0.1, 0.15) is 19.4 Å². The molecule has 0 radical (unpaired) electrons. The predicted molar refractivity (Wildman–Crippen MR) is 79.9 cm³/mol. The van der Waals surface area contributed by atoms with Gasteiger partial charge in [0.05, 0.1) is 0 Å². The van der Waals surface area contributed by atoms with Gasteiger partial charge in [0.1, 0.15) is 0 Å². The average Bonchev–Trinajstić information content (AvgIpc) is 2.37. The highest BCUT2D eigenvalue weighted by molar-refractivity contribution is 7.92. The number of nitrogens with two attached hydrogens (primary N) is 1. The van der Waals surface area contributed by atoms with Crippen LogP contribution in [0.15, 0.2) is 35.7 Å². The van der Waals surface area contributed by atoms with Crippen LogP contribution in [-0.2, 0) is 10.0 Å². The van der Waals surface area contributed by atoms with Gasteiger partial charge in [-0.25, -0.2) is 12.7 Å². The molecule has 106 valence electrons. The molecule has 0 saturated carbocycles. The Bertz CT molecular complexity index is 522. The van der Waals surface area contributed by atoms with E-state index in [1.165, 1.54) is 9.71 Å². The lowest BCUT2D eigenvalue weighted by atomic mass is 9.94. The summed E-state index contributed by atoms with van der Waals surface area (Å²) in [6, 6.07) is 9.34. The van der Waals surface area contributed by atoms with Gasteiger partial charge in [0.15, 0.2) is 0 Å². The summed E-state index contributed by atoms with van der Waals surface area (Å²) in [5.74, 6) is 0. The molecule has 0 unspecified atom stereocenters. The predicted octanol–water partition coefficient (Wildman–Crippen LogP) is 1.90. The Hall–Kier alpha value is -1.17. The first kappa shape index (κ1) is 15.9. The van der Waals surface area contributed by atoms with Crippen LogP contribution in [-0.4, -0.2) is 32.9 Å². The summed E-state index contributed by atoms with van der Waals surface area (Å²) in [4.78, 5) is 0. The SMILES string of the molecule is CN(CC(C)(C)CN)S(=O)(=O)C=Cc1ccccc1. The molecule has 2 N–H and O–H groups in total. The van der Waals surface area contributed by atoms with Crippen molar-refractivity contribution in [2.24, 2.45) is 11.1 Å². The van der Waals surface area contributed by atoms with Gasteiger partial charge in [0.2, 0.25) is 10.0 Å². The zero-order valence-corrected chi connectivity index (χ0v) is 12.5. The van der Waals surface area contributed by atoms with Crippen LogP contribution in [0, 0.1) is 5.41 Å². The van der Waals surface area contributed by atoms with Gasteiger partial charge in [0, 0.05) is 19.0 Å². The van der Waals surface area contributed by atoms with Crippen molar-refractivity contribution in [1.29, 1.82) is 0 Å². The van der Waals surface area contributed by atoms with E-state index in [4.69, 9.17) is 5.73 Å². The topological polar surface area (TPSA) is 63.4 Å². The maximum Gasteiger partial charge on any atom is 0.235 e. The molecule has 0 aliphatic rings. The van der Waals surface area contributed by atoms with Crippen LogP contribution in [0.5, 0.6) is 0 Å². The summed E-state index contributed by atoms with van der Waals surface area (Å²) in [6.45, 7) is 4.72. The molecule has 0 spiro atoms. The maximum atomic E-state index is 12.1. The fourth-order valence-electron chi connectivity index (χ4n) is 1.59. The highest BCUT2D eigenvalue weighted by Crippen LogP contribution is 2.17. The Balaban J connectivity index is 2.79. The Kier molecular flexibility index (Phi) is 5.29. The Labute approximate surface area is 116 Å². The molecule has 0 fully saturated rings. The van der Waals surface area contributed by atoms with E-state index in [9.17, 15) is 8.42 Å². The van der Waals surface area contributed by atoms with E-state index < -0.39 is 10.0 Å². The van der Waals surface area contributed by atoms with E-state index in [0.29, 0.717) is 13.1 Å². The normalized spacial score (nSPS) is 13.3. The summed E-state index contributed by atoms with van der Waals surface area (Å²) in [7, 11) is -1.83. The number of rotatable bonds is 6. The standard InChI is InChI=1S/C14H22N2O2S/c1-14(2,11-15)12-16(3)19(17,18)10-9-13-7-5-4-6-8-13/h4-10H,11-12,15H2,1-3H3. The smallest absolute Gasteiger partial charge is 0.235 e. The molecular weight excluding hydrogens is 260 g/mol. The number of hydrogen-bond donors (Lipinski definition) is 1. The molecule has 0 saturated heterocycles. The van der Waals surface area contributed by atoms with Crippen molar-refractivity contribution in [2.45, 2.75) is 13.8 Å². The monoisotopic (exact) mass is 282 g/mol. The van der Waals surface area contributed by atoms with Crippen LogP contribution in [0.3, 0.4) is 0 Å². The first-order chi connectivity index (χ1) is 8.77. The van der Waals surface area contributed by atoms with E-state index in [-0.39, 0.29) is 5.41 Å². The van der Waals surface area contributed by atoms with Crippen LogP contribution in [0.4, 0.5) is 0 Å². The molecule has 0 aromatic heterocycles. The second-order valence-corrected chi connectivity index (χ2v) is 7.31. The van der Waals surface area contributed by atoms with Gasteiger partial charge in [-0.2, -0.15) is 0 Å². The average molecular weight is 282 g/mol. The minimum Gasteiger partial charge on any atom is -0.330 e. The third kappa shape index (κ3) is 5.14. The summed E-state index contributed by atoms with van der Waals surface area (Å²) in [6.07, 6.45) is 1.60. The minimum atomic E-state index is -3.40. The molecular formula is C14H22N2O2S. The van der Waals surface area contributed by atoms with Crippen molar-refractivity contribution in [3.63, 3.8) is 0 Å². The maximum absolute atomic E-state index is 12.1. The zero-order chi connectivity index (χ0) is 14.5. The summed E-state index contributed by atoms with van der Waals surface area (Å²) in [5, 5.41) is 1.23. The fraction of sp³-hybridized carbons (Fsp3) is 0.429. The molecule has 0 amide bonds. The third-order valence-corrected chi connectivity index (χ3v) is 4.35. The van der Waals surface area contributed by atoms with Crippen molar-refractivity contribution >= 4 is 16.1 Å². The second kappa shape index (κ2) is 6.32. The molecule has 0 aliphatic heterocycles. The van der Waals surface area contributed by atoms with Crippen LogP contribution >= 0.6 is 0 Å². The molecule has 0 atom stereocenters. The Morgan fingerprint density at radius 3 is 2.37 bits per heavy atom. The molecule has 1 aromatic carbocycles. The number of hydrogen-bond acceptors (Lipinski definition) is 3. The van der Waals surface area contributed by atoms with Gasteiger partial charge in [-0.05, 0) is 23.6 Å². The Morgan fingerprint density at radius 1 is 1.26 bits per heavy atom. The first-order valence-electron chi connectivity index (χ1n) is 6.16. The van der Waals surface area contributed by atoms with Crippen molar-refractivity contribution in [3.8, 4) is 0 Å². The van der Waals surface area contributed by atoms with E-state index in [2.05, 4.69) is 0 Å². The number of nitrogens with zero attached hydrogens (tertiary/aromatic N) is 1. The second-order valence-electron chi connectivity index (χ2n) is 5.38. The molecule has 4 nitrogen and oxygen atoms in total. The van der Waals surface area contributed by atoms with Gasteiger partial charge in [-0.1, -0.05) is 44.2 Å². The van der Waals surface area contributed by atoms with Gasteiger partial charge in [-0.15, -0.1) is 0 Å². The molecule has 5 heteroatoms. The third-order valence-electron chi connectivity index (χ3n) is 2.87. The first-order valence-corrected chi connectivity index (χ1v) is 7.67. The van der Waals surface area contributed by atoms with Gasteiger partial charge < -0.3 is 5.73 Å². The lowest BCUT2D eigenvalue weighted by Gasteiger charge is -2.27. The highest BCUT2D eigenvalue weighted by Gasteiger charge is 2.23. The molecule has 1 rings (SSSR count). The summed E-state index contributed by atoms with van der Waals surface area (Å²) < 4.78 is 25.5. The van der Waals surface area contributed by atoms with Crippen LogP contribution < -0.4 is 5.73 Å². The van der Waals surface area contributed by atoms with Crippen molar-refractivity contribution < 1.29 is 8.42 Å². The lowest BCUT2D eigenvalue weighted by molar-refractivity contribution is 0.294. The zero-order valence-electron chi connectivity index (χ0n) is 11.7. The van der Waals surface area contributed by atoms with Crippen LogP contribution in [0.2, 0.25) is 0 Å². The van der Waals surface area contributed by atoms with Gasteiger partial charge >= 0.3 is 0 Å². The molecule has 0 aliphatic carbocycles. The van der Waals surface area contributed by atoms with Crippen LogP contribution in [0.25, 0.3) is 6.08 Å². The fourth-order valence-corrected chi connectivity index (χ4v) is 2.66. The van der Waals surface area contributed by atoms with Gasteiger partial charge in [-0.3, -0.25) is 0 Å². The minimum absolute atomic E-state index is 0.234. The largest absolute Gasteiger partial charge is 0.330 e. The van der Waals surface area contributed by atoms with Crippen molar-refractivity contribution in [1.82, 2.24) is 4.31 Å². The van der Waals surface area contributed by atoms with E-state index in [0.717, 1.165) is 5.56 Å². The van der Waals surface area contributed by atoms with E-state index in [1.54, 1.807) is 13.1 Å². The molecule has 19 heavy (non-hydrogen) atoms.